The van der Waals surface area contributed by atoms with Crippen LogP contribution in [0.3, 0.4) is 0 Å². The first kappa shape index (κ1) is 23.1. The molecule has 0 spiro atoms. The van der Waals surface area contributed by atoms with Gasteiger partial charge in [0, 0.05) is 0 Å². The van der Waals surface area contributed by atoms with Gasteiger partial charge in [0.1, 0.15) is 0 Å². The minimum Gasteiger partial charge on any atom is -0.381 e. The molecule has 0 aliphatic carbocycles. The lowest BCUT2D eigenvalue weighted by atomic mass is 10.3. The summed E-state index contributed by atoms with van der Waals surface area (Å²) in [7, 11) is -4.80. The number of hydrogen-bond donors (Lipinski definition) is 0. The zero-order valence-electron chi connectivity index (χ0n) is 19.7. The van der Waals surface area contributed by atoms with Crippen molar-refractivity contribution in [1.82, 2.24) is 15.2 Å². The highest BCUT2D eigenvalue weighted by atomic mass is 28.4. The van der Waals surface area contributed by atoms with Crippen molar-refractivity contribution in [1.29, 1.82) is 0 Å². The molecule has 1 aromatic heterocycles. The number of rotatable bonds is 9. The Morgan fingerprint density at radius 3 is 1.36 bits per heavy atom. The quantitative estimate of drug-likeness (QED) is 0.271. The number of nitrogens with zero attached hydrogens (tertiary/aromatic N) is 4. The summed E-state index contributed by atoms with van der Waals surface area (Å²) in [5.74, 6) is 0.762. The molecule has 0 aliphatic heterocycles. The maximum absolute atomic E-state index is 4.85. The molecule has 0 saturated carbocycles. The van der Waals surface area contributed by atoms with Gasteiger partial charge in [-0.2, -0.15) is 5.10 Å². The Bertz CT molecular complexity index is 1020. The van der Waals surface area contributed by atoms with E-state index in [1.54, 1.807) is 12.4 Å². The van der Waals surface area contributed by atoms with Gasteiger partial charge < -0.3 is 4.23 Å². The lowest BCUT2D eigenvalue weighted by molar-refractivity contribution is 0.949. The van der Waals surface area contributed by atoms with E-state index in [4.69, 9.17) is 4.98 Å². The van der Waals surface area contributed by atoms with E-state index in [0.29, 0.717) is 0 Å². The zero-order valence-corrected chi connectivity index (χ0v) is 21.7. The number of aromatic nitrogens is 3. The second-order valence-electron chi connectivity index (χ2n) is 8.37. The van der Waals surface area contributed by atoms with Crippen LogP contribution >= 0.6 is 0 Å². The molecule has 0 unspecified atom stereocenters. The number of benzene rings is 3. The molecular weight excluding hydrogens is 436 g/mol. The lowest BCUT2D eigenvalue weighted by Crippen LogP contribution is -2.83. The second kappa shape index (κ2) is 10.2. The van der Waals surface area contributed by atoms with Gasteiger partial charge in [0.2, 0.25) is 14.2 Å². The van der Waals surface area contributed by atoms with Crippen molar-refractivity contribution in [3.8, 4) is 0 Å². The first-order valence-electron chi connectivity index (χ1n) is 11.8. The lowest BCUT2D eigenvalue weighted by Gasteiger charge is -2.52. The molecule has 0 N–H and O–H groups in total. The van der Waals surface area contributed by atoms with Crippen LogP contribution in [0.15, 0.2) is 103 Å². The third-order valence-corrected chi connectivity index (χ3v) is 18.9. The second-order valence-corrected chi connectivity index (χ2v) is 17.4. The number of anilines is 1. The van der Waals surface area contributed by atoms with Crippen molar-refractivity contribution in [3.05, 3.63) is 103 Å². The van der Waals surface area contributed by atoms with Crippen LogP contribution in [0.1, 0.15) is 20.8 Å². The van der Waals surface area contributed by atoms with Gasteiger partial charge in [0.25, 0.3) is 0 Å². The molecule has 4 aromatic rings. The van der Waals surface area contributed by atoms with Crippen molar-refractivity contribution in [3.63, 3.8) is 0 Å². The molecule has 0 fully saturated rings. The highest BCUT2D eigenvalue weighted by molar-refractivity contribution is 7.21. The average molecular weight is 469 g/mol. The fourth-order valence-corrected chi connectivity index (χ4v) is 17.8. The van der Waals surface area contributed by atoms with E-state index >= 15 is 0 Å². The van der Waals surface area contributed by atoms with Crippen molar-refractivity contribution < 1.29 is 0 Å². The van der Waals surface area contributed by atoms with Gasteiger partial charge in [-0.15, -0.1) is 5.10 Å². The maximum atomic E-state index is 4.85. The first-order valence-corrected chi connectivity index (χ1v) is 16.3. The van der Waals surface area contributed by atoms with Crippen LogP contribution in [-0.4, -0.2) is 31.7 Å². The summed E-state index contributed by atoms with van der Waals surface area (Å²) in [6.07, 6.45) is 3.46. The SMILES string of the molecule is CC[Si](CC)(CC)N(c1nccnn1)[Si](c1ccccc1)(c1ccccc1)c1ccccc1. The molecule has 0 saturated heterocycles. The molecule has 6 heteroatoms. The normalized spacial score (nSPS) is 11.8. The first-order chi connectivity index (χ1) is 16.2. The number of hydrogen-bond acceptors (Lipinski definition) is 4. The molecular formula is C27H32N4Si2. The Labute approximate surface area is 199 Å². The summed E-state index contributed by atoms with van der Waals surface area (Å²) in [6, 6.07) is 36.5. The van der Waals surface area contributed by atoms with Crippen LogP contribution in [0, 0.1) is 0 Å². The average Bonchev–Trinajstić information content (AvgIpc) is 2.91. The van der Waals surface area contributed by atoms with E-state index in [2.05, 4.69) is 126 Å². The molecule has 3 aromatic carbocycles. The third kappa shape index (κ3) is 4.05. The van der Waals surface area contributed by atoms with Crippen molar-refractivity contribution >= 4 is 38.0 Å². The van der Waals surface area contributed by atoms with Crippen LogP contribution in [0.25, 0.3) is 0 Å². The van der Waals surface area contributed by atoms with Crippen LogP contribution in [0.4, 0.5) is 5.95 Å². The molecule has 168 valence electrons. The van der Waals surface area contributed by atoms with E-state index in [1.807, 2.05) is 0 Å². The summed E-state index contributed by atoms with van der Waals surface area (Å²) in [5, 5.41) is 13.0. The van der Waals surface area contributed by atoms with Gasteiger partial charge in [0.05, 0.1) is 12.4 Å². The summed E-state index contributed by atoms with van der Waals surface area (Å²) < 4.78 is 2.73. The van der Waals surface area contributed by atoms with Crippen LogP contribution in [-0.2, 0) is 0 Å². The highest BCUT2D eigenvalue weighted by Crippen LogP contribution is 2.33. The molecule has 0 atom stereocenters. The summed E-state index contributed by atoms with van der Waals surface area (Å²) >= 11 is 0. The molecule has 0 bridgehead atoms. The van der Waals surface area contributed by atoms with Gasteiger partial charge in [0.15, 0.2) is 8.24 Å². The molecule has 33 heavy (non-hydrogen) atoms. The van der Waals surface area contributed by atoms with E-state index in [9.17, 15) is 0 Å². The topological polar surface area (TPSA) is 41.9 Å². The molecule has 4 nitrogen and oxygen atoms in total. The summed E-state index contributed by atoms with van der Waals surface area (Å²) in [5.41, 5.74) is 0. The van der Waals surface area contributed by atoms with Gasteiger partial charge >= 0.3 is 0 Å². The Balaban J connectivity index is 2.21. The van der Waals surface area contributed by atoms with Crippen LogP contribution < -0.4 is 19.8 Å². The Morgan fingerprint density at radius 1 is 0.606 bits per heavy atom. The minimum absolute atomic E-state index is 0.762. The van der Waals surface area contributed by atoms with E-state index < -0.39 is 16.5 Å². The monoisotopic (exact) mass is 468 g/mol. The highest BCUT2D eigenvalue weighted by Gasteiger charge is 2.54. The standard InChI is InChI=1S/C27H32N4Si2/c1-4-32(5-2,6-3)31(27-28-22-23-29-30-27)33(24-16-10-7-11-17-24,25-18-12-8-13-19-25)26-20-14-9-15-21-26/h7-23H,4-6H2,1-3H3. The predicted molar refractivity (Wildman–Crippen MR) is 143 cm³/mol. The third-order valence-electron chi connectivity index (χ3n) is 7.03. The summed E-state index contributed by atoms with van der Waals surface area (Å²) in [6.45, 7) is 7.05. The predicted octanol–water partition coefficient (Wildman–Crippen LogP) is 4.35. The van der Waals surface area contributed by atoms with E-state index in [0.717, 1.165) is 24.1 Å². The zero-order chi connectivity index (χ0) is 23.2. The molecule has 0 radical (unpaired) electrons. The summed E-state index contributed by atoms with van der Waals surface area (Å²) in [4.78, 5) is 4.85. The van der Waals surface area contributed by atoms with Gasteiger partial charge in [-0.3, -0.25) is 0 Å². The molecule has 1 heterocycles. The van der Waals surface area contributed by atoms with Crippen molar-refractivity contribution in [2.24, 2.45) is 0 Å². The van der Waals surface area contributed by atoms with Crippen molar-refractivity contribution in [2.75, 3.05) is 4.23 Å². The smallest absolute Gasteiger partial charge is 0.247 e. The fourth-order valence-electron chi connectivity index (χ4n) is 5.21. The van der Waals surface area contributed by atoms with Gasteiger partial charge in [-0.25, -0.2) is 4.98 Å². The Hall–Kier alpha value is -3.10. The fraction of sp³-hybridized carbons (Fsp3) is 0.222. The Kier molecular flexibility index (Phi) is 7.15. The molecule has 4 rings (SSSR count). The molecule has 0 amide bonds. The van der Waals surface area contributed by atoms with Gasteiger partial charge in [-0.1, -0.05) is 112 Å². The van der Waals surface area contributed by atoms with Crippen molar-refractivity contribution in [2.45, 2.75) is 38.9 Å². The maximum Gasteiger partial charge on any atom is 0.247 e. The van der Waals surface area contributed by atoms with Crippen LogP contribution in [0.2, 0.25) is 18.1 Å². The van der Waals surface area contributed by atoms with Crippen LogP contribution in [0.5, 0.6) is 0 Å². The Morgan fingerprint density at radius 2 is 1.03 bits per heavy atom. The van der Waals surface area contributed by atoms with E-state index in [-0.39, 0.29) is 0 Å². The minimum atomic E-state index is -2.76. The van der Waals surface area contributed by atoms with E-state index in [1.165, 1.54) is 15.6 Å². The van der Waals surface area contributed by atoms with Gasteiger partial charge in [-0.05, 0) is 33.7 Å². The molecule has 0 aliphatic rings. The largest absolute Gasteiger partial charge is 0.381 e.